The van der Waals surface area contributed by atoms with Gasteiger partial charge in [-0.05, 0) is 36.2 Å². The van der Waals surface area contributed by atoms with Gasteiger partial charge in [0.1, 0.15) is 12.3 Å². The van der Waals surface area contributed by atoms with Gasteiger partial charge in [0.05, 0.1) is 17.4 Å². The molecular weight excluding hydrogens is 411 g/mol. The lowest BCUT2D eigenvalue weighted by molar-refractivity contribution is -0.137. The Morgan fingerprint density at radius 1 is 1.16 bits per heavy atom. The van der Waals surface area contributed by atoms with Crippen molar-refractivity contribution in [1.29, 1.82) is 0 Å². The molecule has 0 bridgehead atoms. The fourth-order valence-corrected chi connectivity index (χ4v) is 3.14. The van der Waals surface area contributed by atoms with E-state index in [1.165, 1.54) is 23.0 Å². The number of H-pyrrole nitrogens is 1. The molecule has 0 aliphatic rings. The van der Waals surface area contributed by atoms with Crippen LogP contribution in [0.25, 0.3) is 16.6 Å². The molecule has 1 amide bonds. The Hall–Kier alpha value is -3.82. The van der Waals surface area contributed by atoms with Gasteiger partial charge >= 0.3 is 12.3 Å². The Balaban J connectivity index is 1.28. The zero-order valence-electron chi connectivity index (χ0n) is 16.2. The van der Waals surface area contributed by atoms with Crippen LogP contribution in [0.2, 0.25) is 0 Å². The molecule has 0 saturated carbocycles. The minimum atomic E-state index is -4.45. The summed E-state index contributed by atoms with van der Waals surface area (Å²) < 4.78 is 44.9. The van der Waals surface area contributed by atoms with E-state index >= 15 is 0 Å². The maximum atomic E-state index is 12.9. The summed E-state index contributed by atoms with van der Waals surface area (Å²) in [6.45, 7) is 0.232. The number of carbonyl (C=O) groups excluding carboxylic acids is 1. The third-order valence-corrected chi connectivity index (χ3v) is 4.67. The highest BCUT2D eigenvalue weighted by Crippen LogP contribution is 2.30. The Morgan fingerprint density at radius 3 is 2.84 bits per heavy atom. The summed E-state index contributed by atoms with van der Waals surface area (Å²) in [6, 6.07) is 12.6. The fraction of sp³-hybridized carbons (Fsp3) is 0.190. The minimum Gasteiger partial charge on any atom is -0.443 e. The summed E-state index contributed by atoms with van der Waals surface area (Å²) in [6.07, 6.45) is -1.12. The Labute approximate surface area is 174 Å². The van der Waals surface area contributed by atoms with Crippen LogP contribution < -0.4 is 5.32 Å². The maximum Gasteiger partial charge on any atom is 0.416 e. The maximum absolute atomic E-state index is 12.9. The zero-order valence-corrected chi connectivity index (χ0v) is 16.2. The summed E-state index contributed by atoms with van der Waals surface area (Å²) in [5.41, 5.74) is 1.85. The van der Waals surface area contributed by atoms with E-state index in [1.54, 1.807) is 0 Å². The number of nitrogens with zero attached hydrogens (tertiary/aromatic N) is 3. The van der Waals surface area contributed by atoms with Gasteiger partial charge in [-0.2, -0.15) is 13.2 Å². The third kappa shape index (κ3) is 4.85. The predicted octanol–water partition coefficient (Wildman–Crippen LogP) is 4.24. The summed E-state index contributed by atoms with van der Waals surface area (Å²) >= 11 is 0. The Bertz CT molecular complexity index is 1200. The van der Waals surface area contributed by atoms with E-state index in [-0.39, 0.29) is 12.3 Å². The monoisotopic (exact) mass is 429 g/mol. The largest absolute Gasteiger partial charge is 0.443 e. The molecule has 0 atom stereocenters. The molecule has 31 heavy (non-hydrogen) atoms. The molecule has 2 N–H and O–H groups in total. The molecule has 160 valence electrons. The summed E-state index contributed by atoms with van der Waals surface area (Å²) in [5, 5.41) is 11.4. The fourth-order valence-electron chi connectivity index (χ4n) is 3.14. The molecule has 0 unspecified atom stereocenters. The number of hydrogen-bond acceptors (Lipinski definition) is 4. The van der Waals surface area contributed by atoms with Gasteiger partial charge in [0.25, 0.3) is 0 Å². The van der Waals surface area contributed by atoms with E-state index in [4.69, 9.17) is 4.74 Å². The van der Waals surface area contributed by atoms with Crippen LogP contribution >= 0.6 is 0 Å². The van der Waals surface area contributed by atoms with Crippen LogP contribution in [-0.2, 0) is 23.9 Å². The molecular formula is C21H18F3N5O2. The molecule has 0 radical (unpaired) electrons. The number of halogens is 3. The van der Waals surface area contributed by atoms with E-state index in [0.29, 0.717) is 18.7 Å². The van der Waals surface area contributed by atoms with Gasteiger partial charge in [0.2, 0.25) is 0 Å². The van der Waals surface area contributed by atoms with Gasteiger partial charge in [-0.3, -0.25) is 0 Å². The number of amides is 1. The first-order chi connectivity index (χ1) is 14.9. The smallest absolute Gasteiger partial charge is 0.416 e. The highest BCUT2D eigenvalue weighted by Gasteiger charge is 2.30. The lowest BCUT2D eigenvalue weighted by Gasteiger charge is -2.08. The van der Waals surface area contributed by atoms with Crippen LogP contribution in [0.1, 0.15) is 16.8 Å². The second kappa shape index (κ2) is 8.50. The van der Waals surface area contributed by atoms with Crippen molar-refractivity contribution >= 4 is 17.0 Å². The molecule has 0 fully saturated rings. The highest BCUT2D eigenvalue weighted by atomic mass is 19.4. The first kappa shape index (κ1) is 20.5. The van der Waals surface area contributed by atoms with E-state index in [2.05, 4.69) is 20.6 Å². The van der Waals surface area contributed by atoms with Crippen LogP contribution in [0.3, 0.4) is 0 Å². The topological polar surface area (TPSA) is 84.8 Å². The van der Waals surface area contributed by atoms with Gasteiger partial charge in [-0.15, -0.1) is 5.10 Å². The number of benzene rings is 2. The molecule has 0 saturated heterocycles. The SMILES string of the molecule is O=C(NCCc1c[nH]c2ccccc12)OCc1cn(-c2cccc(C(F)(F)F)c2)nn1. The summed E-state index contributed by atoms with van der Waals surface area (Å²) in [5.74, 6) is 0. The predicted molar refractivity (Wildman–Crippen MR) is 107 cm³/mol. The van der Waals surface area contributed by atoms with E-state index in [0.717, 1.165) is 28.6 Å². The highest BCUT2D eigenvalue weighted by molar-refractivity contribution is 5.83. The lowest BCUT2D eigenvalue weighted by atomic mass is 10.1. The van der Waals surface area contributed by atoms with Crippen molar-refractivity contribution in [1.82, 2.24) is 25.3 Å². The summed E-state index contributed by atoms with van der Waals surface area (Å²) in [7, 11) is 0. The number of alkyl halides is 3. The first-order valence-corrected chi connectivity index (χ1v) is 9.44. The first-order valence-electron chi connectivity index (χ1n) is 9.44. The van der Waals surface area contributed by atoms with Crippen LogP contribution in [0.5, 0.6) is 0 Å². The van der Waals surface area contributed by atoms with Crippen LogP contribution in [0, 0.1) is 0 Å². The molecule has 2 aromatic carbocycles. The standard InChI is InChI=1S/C21H18F3N5O2/c22-21(23,24)15-4-3-5-17(10-15)29-12-16(27-28-29)13-31-20(30)25-9-8-14-11-26-19-7-2-1-6-18(14)19/h1-7,10-12,26H,8-9,13H2,(H,25,30). The van der Waals surface area contributed by atoms with Crippen molar-refractivity contribution in [3.8, 4) is 5.69 Å². The van der Waals surface area contributed by atoms with Crippen molar-refractivity contribution in [3.63, 3.8) is 0 Å². The molecule has 2 heterocycles. The number of aromatic nitrogens is 4. The molecule has 0 aliphatic carbocycles. The van der Waals surface area contributed by atoms with Crippen molar-refractivity contribution in [2.24, 2.45) is 0 Å². The van der Waals surface area contributed by atoms with Crippen molar-refractivity contribution in [3.05, 3.63) is 77.7 Å². The molecule has 2 aromatic heterocycles. The van der Waals surface area contributed by atoms with Gasteiger partial charge in [-0.1, -0.05) is 29.5 Å². The minimum absolute atomic E-state index is 0.155. The molecule has 7 nitrogen and oxygen atoms in total. The van der Waals surface area contributed by atoms with Gasteiger partial charge in [0, 0.05) is 23.6 Å². The van der Waals surface area contributed by atoms with E-state index in [1.807, 2.05) is 30.5 Å². The number of carbonyl (C=O) groups is 1. The van der Waals surface area contributed by atoms with Gasteiger partial charge in [0.15, 0.2) is 0 Å². The number of rotatable bonds is 6. The van der Waals surface area contributed by atoms with Gasteiger partial charge < -0.3 is 15.0 Å². The van der Waals surface area contributed by atoms with E-state index < -0.39 is 17.8 Å². The Morgan fingerprint density at radius 2 is 2.00 bits per heavy atom. The average Bonchev–Trinajstić information content (AvgIpc) is 3.39. The third-order valence-electron chi connectivity index (χ3n) is 4.67. The lowest BCUT2D eigenvalue weighted by Crippen LogP contribution is -2.26. The van der Waals surface area contributed by atoms with E-state index in [9.17, 15) is 18.0 Å². The van der Waals surface area contributed by atoms with Crippen LogP contribution in [0.4, 0.5) is 18.0 Å². The molecule has 0 aliphatic heterocycles. The molecule has 4 rings (SSSR count). The van der Waals surface area contributed by atoms with Crippen molar-refractivity contribution < 1.29 is 22.7 Å². The molecule has 0 spiro atoms. The number of fused-ring (bicyclic) bond motifs is 1. The quantitative estimate of drug-likeness (QED) is 0.480. The number of alkyl carbamates (subject to hydrolysis) is 1. The van der Waals surface area contributed by atoms with Crippen LogP contribution in [-0.4, -0.2) is 32.6 Å². The van der Waals surface area contributed by atoms with Crippen LogP contribution in [0.15, 0.2) is 60.9 Å². The molecule has 4 aromatic rings. The number of aromatic amines is 1. The summed E-state index contributed by atoms with van der Waals surface area (Å²) in [4.78, 5) is 15.1. The van der Waals surface area contributed by atoms with Gasteiger partial charge in [-0.25, -0.2) is 9.48 Å². The second-order valence-electron chi connectivity index (χ2n) is 6.81. The zero-order chi connectivity index (χ0) is 21.8. The number of hydrogen-bond donors (Lipinski definition) is 2. The second-order valence-corrected chi connectivity index (χ2v) is 6.81. The van der Waals surface area contributed by atoms with Crippen molar-refractivity contribution in [2.75, 3.05) is 6.54 Å². The molecule has 10 heteroatoms. The number of para-hydroxylation sites is 1. The normalized spacial score (nSPS) is 11.6. The number of ether oxygens (including phenoxy) is 1. The average molecular weight is 429 g/mol. The van der Waals surface area contributed by atoms with Crippen molar-refractivity contribution in [2.45, 2.75) is 19.2 Å². The number of nitrogens with one attached hydrogen (secondary N) is 2. The Kier molecular flexibility index (Phi) is 5.61.